The standard InChI is InChI=1S/C18H19N3/c1-3-7-14(2)12-16-18-19-10-11-21(18)13-17(20-16)15-8-5-4-6-9-15/h3-10,13,20H,1,11-12H2,2H3/b14-7+. The quantitative estimate of drug-likeness (QED) is 0.850. The lowest BCUT2D eigenvalue weighted by Crippen LogP contribution is -2.27. The van der Waals surface area contributed by atoms with Crippen LogP contribution in [0, 0.1) is 0 Å². The van der Waals surface area contributed by atoms with Crippen molar-refractivity contribution in [2.75, 3.05) is 6.54 Å². The summed E-state index contributed by atoms with van der Waals surface area (Å²) in [5.41, 5.74) is 4.70. The van der Waals surface area contributed by atoms with Gasteiger partial charge in [0, 0.05) is 18.8 Å². The molecule has 0 radical (unpaired) electrons. The fourth-order valence-electron chi connectivity index (χ4n) is 2.57. The number of rotatable bonds is 4. The van der Waals surface area contributed by atoms with Gasteiger partial charge in [-0.25, -0.2) is 4.99 Å². The predicted molar refractivity (Wildman–Crippen MR) is 88.3 cm³/mol. The molecule has 1 N–H and O–H groups in total. The largest absolute Gasteiger partial charge is 0.354 e. The molecular weight excluding hydrogens is 258 g/mol. The summed E-state index contributed by atoms with van der Waals surface area (Å²) in [6, 6.07) is 10.4. The Morgan fingerprint density at radius 2 is 2.19 bits per heavy atom. The lowest BCUT2D eigenvalue weighted by Gasteiger charge is -2.27. The topological polar surface area (TPSA) is 27.6 Å². The van der Waals surface area contributed by atoms with Gasteiger partial charge in [-0.2, -0.15) is 0 Å². The monoisotopic (exact) mass is 277 g/mol. The summed E-state index contributed by atoms with van der Waals surface area (Å²) < 4.78 is 0. The third-order valence-electron chi connectivity index (χ3n) is 3.55. The van der Waals surface area contributed by atoms with Gasteiger partial charge in [0.25, 0.3) is 0 Å². The molecule has 0 aliphatic carbocycles. The van der Waals surface area contributed by atoms with Crippen LogP contribution in [0.4, 0.5) is 0 Å². The molecule has 2 aliphatic rings. The van der Waals surface area contributed by atoms with Crippen LogP contribution in [0.1, 0.15) is 18.9 Å². The molecule has 106 valence electrons. The Morgan fingerprint density at radius 1 is 1.38 bits per heavy atom. The molecule has 3 nitrogen and oxygen atoms in total. The first kappa shape index (κ1) is 13.4. The van der Waals surface area contributed by atoms with Crippen molar-refractivity contribution in [1.82, 2.24) is 10.2 Å². The summed E-state index contributed by atoms with van der Waals surface area (Å²) in [5, 5.41) is 3.54. The number of aliphatic imine (C=N–C) groups is 1. The zero-order valence-corrected chi connectivity index (χ0v) is 12.2. The highest BCUT2D eigenvalue weighted by Crippen LogP contribution is 2.28. The van der Waals surface area contributed by atoms with E-state index in [1.54, 1.807) is 0 Å². The van der Waals surface area contributed by atoms with E-state index in [1.165, 1.54) is 11.1 Å². The first-order chi connectivity index (χ1) is 10.3. The van der Waals surface area contributed by atoms with E-state index in [2.05, 4.69) is 59.2 Å². The summed E-state index contributed by atoms with van der Waals surface area (Å²) in [6.45, 7) is 6.70. The fraction of sp³-hybridized carbons (Fsp3) is 0.167. The minimum atomic E-state index is 0.834. The predicted octanol–water partition coefficient (Wildman–Crippen LogP) is 3.67. The van der Waals surface area contributed by atoms with E-state index in [-0.39, 0.29) is 0 Å². The van der Waals surface area contributed by atoms with E-state index < -0.39 is 0 Å². The van der Waals surface area contributed by atoms with Gasteiger partial charge in [-0.05, 0) is 12.5 Å². The van der Waals surface area contributed by atoms with Crippen LogP contribution in [-0.2, 0) is 0 Å². The number of hydrogen-bond acceptors (Lipinski definition) is 3. The Kier molecular flexibility index (Phi) is 3.73. The summed E-state index contributed by atoms with van der Waals surface area (Å²) in [5.74, 6) is 1.02. The minimum absolute atomic E-state index is 0.834. The van der Waals surface area contributed by atoms with Gasteiger partial charge in [0.15, 0.2) is 5.82 Å². The molecule has 3 rings (SSSR count). The second-order valence-electron chi connectivity index (χ2n) is 5.23. The second-order valence-corrected chi connectivity index (χ2v) is 5.23. The van der Waals surface area contributed by atoms with Crippen LogP contribution in [0.15, 0.2) is 77.3 Å². The highest BCUT2D eigenvalue weighted by atomic mass is 15.3. The van der Waals surface area contributed by atoms with Crippen molar-refractivity contribution >= 4 is 11.9 Å². The maximum Gasteiger partial charge on any atom is 0.152 e. The van der Waals surface area contributed by atoms with Gasteiger partial charge in [-0.15, -0.1) is 0 Å². The summed E-state index contributed by atoms with van der Waals surface area (Å²) >= 11 is 0. The van der Waals surface area contributed by atoms with Gasteiger partial charge in [-0.1, -0.05) is 54.6 Å². The van der Waals surface area contributed by atoms with Crippen molar-refractivity contribution in [3.05, 3.63) is 77.9 Å². The number of hydrogen-bond donors (Lipinski definition) is 1. The Balaban J connectivity index is 1.90. The lowest BCUT2D eigenvalue weighted by molar-refractivity contribution is 0.525. The second kappa shape index (κ2) is 5.83. The van der Waals surface area contributed by atoms with Gasteiger partial charge >= 0.3 is 0 Å². The number of allylic oxidation sites excluding steroid dienone is 3. The summed E-state index contributed by atoms with van der Waals surface area (Å²) in [6.07, 6.45) is 8.80. The third kappa shape index (κ3) is 2.82. The first-order valence-electron chi connectivity index (χ1n) is 7.12. The molecule has 0 amide bonds. The smallest absolute Gasteiger partial charge is 0.152 e. The minimum Gasteiger partial charge on any atom is -0.354 e. The molecule has 3 heteroatoms. The van der Waals surface area contributed by atoms with E-state index in [0.29, 0.717) is 0 Å². The molecule has 21 heavy (non-hydrogen) atoms. The molecule has 0 saturated heterocycles. The van der Waals surface area contributed by atoms with Crippen LogP contribution in [0.3, 0.4) is 0 Å². The van der Waals surface area contributed by atoms with Crippen LogP contribution >= 0.6 is 0 Å². The highest BCUT2D eigenvalue weighted by Gasteiger charge is 2.23. The molecule has 1 aromatic carbocycles. The number of nitrogens with zero attached hydrogens (tertiary/aromatic N) is 2. The fourth-order valence-corrected chi connectivity index (χ4v) is 2.57. The van der Waals surface area contributed by atoms with E-state index in [1.807, 2.05) is 24.4 Å². The number of nitrogens with one attached hydrogen (secondary N) is 1. The SMILES string of the molecule is C=C/C=C(\C)CC1=C2N=CCN2C=C(c2ccccc2)N1. The molecule has 2 aliphatic heterocycles. The van der Waals surface area contributed by atoms with Crippen molar-refractivity contribution < 1.29 is 0 Å². The Morgan fingerprint density at radius 3 is 2.95 bits per heavy atom. The zero-order chi connectivity index (χ0) is 14.7. The molecule has 0 saturated carbocycles. The normalized spacial score (nSPS) is 17.5. The molecule has 0 fully saturated rings. The van der Waals surface area contributed by atoms with Crippen molar-refractivity contribution in [2.24, 2.45) is 4.99 Å². The molecule has 0 aromatic heterocycles. The maximum atomic E-state index is 4.50. The Bertz CT molecular complexity index is 663. The summed E-state index contributed by atoms with van der Waals surface area (Å²) in [4.78, 5) is 6.69. The van der Waals surface area contributed by atoms with Crippen LogP contribution < -0.4 is 5.32 Å². The molecule has 0 atom stereocenters. The molecule has 0 unspecified atom stereocenters. The van der Waals surface area contributed by atoms with Crippen LogP contribution in [0.25, 0.3) is 5.70 Å². The summed E-state index contributed by atoms with van der Waals surface area (Å²) in [7, 11) is 0. The molecule has 2 heterocycles. The molecule has 1 aromatic rings. The van der Waals surface area contributed by atoms with Crippen molar-refractivity contribution in [2.45, 2.75) is 13.3 Å². The molecule has 0 bridgehead atoms. The maximum absolute atomic E-state index is 4.50. The van der Waals surface area contributed by atoms with Crippen molar-refractivity contribution in [3.8, 4) is 0 Å². The third-order valence-corrected chi connectivity index (χ3v) is 3.55. The average molecular weight is 277 g/mol. The number of fused-ring (bicyclic) bond motifs is 1. The highest BCUT2D eigenvalue weighted by molar-refractivity contribution is 5.72. The van der Waals surface area contributed by atoms with Gasteiger partial charge in [0.2, 0.25) is 0 Å². The van der Waals surface area contributed by atoms with Crippen molar-refractivity contribution in [3.63, 3.8) is 0 Å². The van der Waals surface area contributed by atoms with Crippen LogP contribution in [0.2, 0.25) is 0 Å². The Labute approximate surface area is 125 Å². The van der Waals surface area contributed by atoms with E-state index in [4.69, 9.17) is 0 Å². The van der Waals surface area contributed by atoms with E-state index in [0.717, 1.165) is 30.2 Å². The van der Waals surface area contributed by atoms with Crippen molar-refractivity contribution in [1.29, 1.82) is 0 Å². The molecule has 0 spiro atoms. The van der Waals surface area contributed by atoms with E-state index >= 15 is 0 Å². The average Bonchev–Trinajstić information content (AvgIpc) is 2.97. The zero-order valence-electron chi connectivity index (χ0n) is 12.2. The number of benzene rings is 1. The van der Waals surface area contributed by atoms with Gasteiger partial charge in [0.05, 0.1) is 17.9 Å². The first-order valence-corrected chi connectivity index (χ1v) is 7.12. The van der Waals surface area contributed by atoms with Crippen LogP contribution in [-0.4, -0.2) is 17.7 Å². The molecular formula is C18H19N3. The van der Waals surface area contributed by atoms with Crippen LogP contribution in [0.5, 0.6) is 0 Å². The Hall–Kier alpha value is -2.55. The van der Waals surface area contributed by atoms with E-state index in [9.17, 15) is 0 Å². The lowest BCUT2D eigenvalue weighted by atomic mass is 10.1. The van der Waals surface area contributed by atoms with Gasteiger partial charge in [-0.3, -0.25) is 0 Å². The van der Waals surface area contributed by atoms with Gasteiger partial charge in [0.1, 0.15) is 0 Å². The van der Waals surface area contributed by atoms with Gasteiger partial charge < -0.3 is 10.2 Å².